The van der Waals surface area contributed by atoms with Gasteiger partial charge in [-0.3, -0.25) is 0 Å². The van der Waals surface area contributed by atoms with E-state index in [1.165, 1.54) is 17.7 Å². The molecular formula is C28H34ClN5O4S. The number of hydrogen-bond acceptors (Lipinski definition) is 8. The molecule has 9 nitrogen and oxygen atoms in total. The largest absolute Gasteiger partial charge is 0.444 e. The molecule has 208 valence electrons. The van der Waals surface area contributed by atoms with Gasteiger partial charge in [0.25, 0.3) is 0 Å². The number of thiazole rings is 1. The number of carbonyl (C=O) groups excluding carboxylic acids is 2. The average Bonchev–Trinajstić information content (AvgIpc) is 3.32. The lowest BCUT2D eigenvalue weighted by molar-refractivity contribution is 0.0200. The molecule has 0 atom stereocenters. The number of amides is 2. The summed E-state index contributed by atoms with van der Waals surface area (Å²) in [7, 11) is 0. The highest BCUT2D eigenvalue weighted by Crippen LogP contribution is 2.35. The van der Waals surface area contributed by atoms with E-state index in [0.29, 0.717) is 47.5 Å². The molecule has 1 aliphatic heterocycles. The molecule has 0 unspecified atom stereocenters. The summed E-state index contributed by atoms with van der Waals surface area (Å²) in [5, 5.41) is 1.11. The number of ether oxygens (including phenoxy) is 2. The Kier molecular flexibility index (Phi) is 8.46. The monoisotopic (exact) mass is 571 g/mol. The third-order valence-corrected chi connectivity index (χ3v) is 7.19. The minimum atomic E-state index is -0.677. The van der Waals surface area contributed by atoms with E-state index in [-0.39, 0.29) is 12.1 Å². The van der Waals surface area contributed by atoms with E-state index in [1.807, 2.05) is 71.9 Å². The van der Waals surface area contributed by atoms with Crippen LogP contribution >= 0.6 is 22.9 Å². The Balaban J connectivity index is 1.58. The van der Waals surface area contributed by atoms with Crippen LogP contribution in [0.2, 0.25) is 5.02 Å². The Bertz CT molecular complexity index is 1330. The van der Waals surface area contributed by atoms with E-state index < -0.39 is 17.3 Å². The van der Waals surface area contributed by atoms with Crippen LogP contribution in [0.15, 0.2) is 42.9 Å². The van der Waals surface area contributed by atoms with Crippen molar-refractivity contribution in [2.75, 3.05) is 18.0 Å². The van der Waals surface area contributed by atoms with Gasteiger partial charge in [0.15, 0.2) is 5.13 Å². The van der Waals surface area contributed by atoms with Gasteiger partial charge in [-0.25, -0.2) is 29.4 Å². The van der Waals surface area contributed by atoms with E-state index in [4.69, 9.17) is 21.1 Å². The summed E-state index contributed by atoms with van der Waals surface area (Å²) in [6.45, 7) is 12.0. The maximum absolute atomic E-state index is 13.4. The van der Waals surface area contributed by atoms with Crippen LogP contribution in [0, 0.1) is 0 Å². The summed E-state index contributed by atoms with van der Waals surface area (Å²) in [5.41, 5.74) is 0.926. The van der Waals surface area contributed by atoms with Gasteiger partial charge in [0.1, 0.15) is 17.5 Å². The second-order valence-electron chi connectivity index (χ2n) is 11.3. The molecular weight excluding hydrogens is 538 g/mol. The molecule has 3 aromatic rings. The van der Waals surface area contributed by atoms with Gasteiger partial charge < -0.3 is 14.4 Å². The molecule has 1 aromatic carbocycles. The van der Waals surface area contributed by atoms with E-state index >= 15 is 0 Å². The van der Waals surface area contributed by atoms with Gasteiger partial charge >= 0.3 is 12.2 Å². The fraction of sp³-hybridized carbons (Fsp3) is 0.464. The Labute approximate surface area is 238 Å². The number of anilines is 1. The van der Waals surface area contributed by atoms with Gasteiger partial charge in [-0.2, -0.15) is 0 Å². The SMILES string of the molecule is CC(C)(C)OC(=O)N1CCC(N(C(=O)OC(C)(C)C)c2ncc(-c3cc(-c4ccccc4Cl)ncn3)s2)CC1. The molecule has 0 saturated carbocycles. The van der Waals surface area contributed by atoms with Crippen molar-refractivity contribution < 1.29 is 19.1 Å². The summed E-state index contributed by atoms with van der Waals surface area (Å²) >= 11 is 7.73. The van der Waals surface area contributed by atoms with Crippen molar-refractivity contribution in [2.45, 2.75) is 71.6 Å². The first-order chi connectivity index (χ1) is 18.3. The first kappa shape index (κ1) is 28.8. The number of benzene rings is 1. The van der Waals surface area contributed by atoms with Gasteiger partial charge in [0.2, 0.25) is 0 Å². The van der Waals surface area contributed by atoms with Crippen molar-refractivity contribution in [1.82, 2.24) is 19.9 Å². The Morgan fingerprint density at radius 3 is 2.26 bits per heavy atom. The number of rotatable bonds is 4. The van der Waals surface area contributed by atoms with Crippen molar-refractivity contribution >= 4 is 40.3 Å². The summed E-state index contributed by atoms with van der Waals surface area (Å²) in [6.07, 6.45) is 3.50. The molecule has 1 fully saturated rings. The second kappa shape index (κ2) is 11.5. The van der Waals surface area contributed by atoms with Crippen LogP contribution in [0.25, 0.3) is 21.8 Å². The van der Waals surface area contributed by atoms with Crippen LogP contribution in [0.5, 0.6) is 0 Å². The van der Waals surface area contributed by atoms with Crippen molar-refractivity contribution in [2.24, 2.45) is 0 Å². The average molecular weight is 572 g/mol. The van der Waals surface area contributed by atoms with Crippen molar-refractivity contribution in [3.05, 3.63) is 47.9 Å². The molecule has 11 heteroatoms. The zero-order valence-electron chi connectivity index (χ0n) is 23.1. The van der Waals surface area contributed by atoms with Crippen molar-refractivity contribution in [1.29, 1.82) is 0 Å². The molecule has 0 spiro atoms. The predicted molar refractivity (Wildman–Crippen MR) is 153 cm³/mol. The van der Waals surface area contributed by atoms with Crippen LogP contribution in [0.4, 0.5) is 14.7 Å². The normalized spacial score (nSPS) is 14.7. The second-order valence-corrected chi connectivity index (χ2v) is 12.7. The molecule has 0 bridgehead atoms. The maximum Gasteiger partial charge on any atom is 0.416 e. The molecule has 0 aliphatic carbocycles. The van der Waals surface area contributed by atoms with Crippen molar-refractivity contribution in [3.63, 3.8) is 0 Å². The highest BCUT2D eigenvalue weighted by molar-refractivity contribution is 7.19. The molecule has 0 radical (unpaired) electrons. The lowest BCUT2D eigenvalue weighted by Gasteiger charge is -2.38. The Morgan fingerprint density at radius 2 is 1.62 bits per heavy atom. The Hall–Kier alpha value is -3.24. The van der Waals surface area contributed by atoms with Crippen LogP contribution in [0.3, 0.4) is 0 Å². The summed E-state index contributed by atoms with van der Waals surface area (Å²) in [4.78, 5) is 43.5. The number of likely N-dealkylation sites (tertiary alicyclic amines) is 1. The lowest BCUT2D eigenvalue weighted by Crippen LogP contribution is -2.51. The molecule has 3 heterocycles. The molecule has 4 rings (SSSR count). The van der Waals surface area contributed by atoms with Crippen LogP contribution in [0.1, 0.15) is 54.4 Å². The molecule has 0 N–H and O–H groups in total. The molecule has 2 aromatic heterocycles. The quantitative estimate of drug-likeness (QED) is 0.330. The minimum absolute atomic E-state index is 0.193. The summed E-state index contributed by atoms with van der Waals surface area (Å²) in [5.74, 6) is 0. The van der Waals surface area contributed by atoms with Crippen LogP contribution < -0.4 is 4.90 Å². The lowest BCUT2D eigenvalue weighted by atomic mass is 10.0. The van der Waals surface area contributed by atoms with Crippen LogP contribution in [-0.4, -0.2) is 62.4 Å². The van der Waals surface area contributed by atoms with Gasteiger partial charge in [-0.15, -0.1) is 0 Å². The highest BCUT2D eigenvalue weighted by atomic mass is 35.5. The fourth-order valence-electron chi connectivity index (χ4n) is 4.13. The zero-order valence-corrected chi connectivity index (χ0v) is 24.7. The third-order valence-electron chi connectivity index (χ3n) is 5.84. The fourth-order valence-corrected chi connectivity index (χ4v) is 5.31. The van der Waals surface area contributed by atoms with E-state index in [1.54, 1.807) is 16.0 Å². The number of aromatic nitrogens is 3. The predicted octanol–water partition coefficient (Wildman–Crippen LogP) is 7.06. The van der Waals surface area contributed by atoms with Gasteiger partial charge in [0, 0.05) is 35.9 Å². The highest BCUT2D eigenvalue weighted by Gasteiger charge is 2.36. The standard InChI is InChI=1S/C28H34ClN5O4S/c1-27(2,3)37-25(35)33-13-11-18(12-14-33)34(26(36)38-28(4,5)6)24-30-16-23(39-24)22-15-21(31-17-32-22)19-9-7-8-10-20(19)29/h7-10,15-18H,11-14H2,1-6H3. The maximum atomic E-state index is 13.4. The van der Waals surface area contributed by atoms with E-state index in [2.05, 4.69) is 15.0 Å². The molecule has 1 aliphatic rings. The number of nitrogens with zero attached hydrogens (tertiary/aromatic N) is 5. The van der Waals surface area contributed by atoms with Gasteiger partial charge in [-0.05, 0) is 66.5 Å². The van der Waals surface area contributed by atoms with E-state index in [9.17, 15) is 9.59 Å². The van der Waals surface area contributed by atoms with Crippen molar-refractivity contribution in [3.8, 4) is 21.8 Å². The van der Waals surface area contributed by atoms with Gasteiger partial charge in [-0.1, -0.05) is 41.1 Å². The summed E-state index contributed by atoms with van der Waals surface area (Å²) in [6, 6.07) is 9.15. The zero-order chi connectivity index (χ0) is 28.4. The smallest absolute Gasteiger partial charge is 0.416 e. The number of hydrogen-bond donors (Lipinski definition) is 0. The molecule has 39 heavy (non-hydrogen) atoms. The molecule has 2 amide bonds. The first-order valence-corrected chi connectivity index (χ1v) is 14.0. The minimum Gasteiger partial charge on any atom is -0.444 e. The van der Waals surface area contributed by atoms with E-state index in [0.717, 1.165) is 10.4 Å². The topological polar surface area (TPSA) is 97.8 Å². The number of carbonyl (C=O) groups is 2. The summed E-state index contributed by atoms with van der Waals surface area (Å²) < 4.78 is 11.3. The number of piperidine rings is 1. The Morgan fingerprint density at radius 1 is 0.974 bits per heavy atom. The first-order valence-electron chi connectivity index (χ1n) is 12.8. The third kappa shape index (κ3) is 7.45. The van der Waals surface area contributed by atoms with Crippen LogP contribution in [-0.2, 0) is 9.47 Å². The number of halogens is 1. The van der Waals surface area contributed by atoms with Gasteiger partial charge in [0.05, 0.1) is 16.3 Å². The molecule has 1 saturated heterocycles.